The van der Waals surface area contributed by atoms with Gasteiger partial charge in [0.1, 0.15) is 17.9 Å². The monoisotopic (exact) mass is 969 g/mol. The molecule has 376 valence electrons. The first-order valence-corrected chi connectivity index (χ1v) is 24.1. The molecule has 0 aliphatic carbocycles. The number of nitrogens with zero attached hydrogens (tertiary/aromatic N) is 8. The zero-order chi connectivity index (χ0) is 57.5. The molecule has 5 aromatic carbocycles. The van der Waals surface area contributed by atoms with E-state index in [0.717, 1.165) is 58.3 Å². The summed E-state index contributed by atoms with van der Waals surface area (Å²) in [7, 11) is 4.08. The highest BCUT2D eigenvalue weighted by Crippen LogP contribution is 2.27. The largest absolute Gasteiger partial charge is 0.470 e. The minimum atomic E-state index is -0.337. The number of rotatable bonds is 1. The van der Waals surface area contributed by atoms with Crippen molar-refractivity contribution in [2.45, 2.75) is 110 Å². The third-order valence-electron chi connectivity index (χ3n) is 11.5. The number of benzene rings is 5. The molecule has 0 unspecified atom stereocenters. The van der Waals surface area contributed by atoms with Crippen molar-refractivity contribution in [2.24, 2.45) is 14.1 Å². The summed E-state index contributed by atoms with van der Waals surface area (Å²) >= 11 is 0. The molecule has 0 atom stereocenters. The molecule has 0 aliphatic rings. The smallest absolute Gasteiger partial charge is 0.273 e. The molecule has 0 radical (unpaired) electrons. The Kier molecular flexibility index (Phi) is 21.7. The molecular weight excluding hydrogens is 885 g/mol. The summed E-state index contributed by atoms with van der Waals surface area (Å²) in [5.41, 5.74) is 13.9. The van der Waals surface area contributed by atoms with Gasteiger partial charge in [-0.25, -0.2) is 24.5 Å². The lowest BCUT2D eigenvalue weighted by atomic mass is 10.1. The molecule has 0 amide bonds. The fourth-order valence-electron chi connectivity index (χ4n) is 6.84. The highest BCUT2D eigenvalue weighted by atomic mass is 16.3. The van der Waals surface area contributed by atoms with E-state index in [4.69, 9.17) is 11.3 Å². The van der Waals surface area contributed by atoms with Crippen molar-refractivity contribution in [1.82, 2.24) is 34.5 Å². The summed E-state index contributed by atoms with van der Waals surface area (Å²) in [6, 6.07) is 38.5. The summed E-state index contributed by atoms with van der Waals surface area (Å²) in [6.45, 7) is 29.7. The van der Waals surface area contributed by atoms with Gasteiger partial charge in [-0.3, -0.25) is 0 Å². The van der Waals surface area contributed by atoms with E-state index in [2.05, 4.69) is 160 Å². The molecular formula is C63H79N8O+. The van der Waals surface area contributed by atoms with E-state index in [9.17, 15) is 0 Å². The van der Waals surface area contributed by atoms with E-state index >= 15 is 0 Å². The summed E-state index contributed by atoms with van der Waals surface area (Å²) in [5.74, 6) is 4.67. The van der Waals surface area contributed by atoms with Gasteiger partial charge in [-0.15, -0.1) is 0 Å². The quantitative estimate of drug-likeness (QED) is 0.151. The third-order valence-corrected chi connectivity index (χ3v) is 11.5. The topological polar surface area (TPSA) is 99.3 Å². The van der Waals surface area contributed by atoms with Gasteiger partial charge in [0.05, 0.1) is 20.2 Å². The Morgan fingerprint density at radius 2 is 1.00 bits per heavy atom. The van der Waals surface area contributed by atoms with Crippen LogP contribution < -0.4 is 4.57 Å². The minimum Gasteiger partial charge on any atom is -0.470 e. The Hall–Kier alpha value is -7.65. The Labute approximate surface area is 438 Å². The molecule has 10 rings (SSSR count). The first kappa shape index (κ1) is 50.7. The summed E-state index contributed by atoms with van der Waals surface area (Å²) in [4.78, 5) is 24.7. The van der Waals surface area contributed by atoms with Crippen LogP contribution in [0.3, 0.4) is 0 Å². The van der Waals surface area contributed by atoms with Gasteiger partial charge in [0.25, 0.3) is 5.82 Å². The Balaban J connectivity index is 0.000000234. The molecule has 72 heavy (non-hydrogen) atoms. The van der Waals surface area contributed by atoms with Crippen LogP contribution in [0, 0.1) is 96.9 Å². The summed E-state index contributed by atoms with van der Waals surface area (Å²) in [5, 5.41) is 2.68. The molecule has 0 spiro atoms. The molecule has 0 saturated heterocycles. The standard InChI is InChI=1S/C13H11N.C9H12.C8H10.C7H12N3.2C7H10N2.C7H8.C5H6O/c1-14-12-8-4-2-6-10(12)11-7-3-5-9-13(11)14;1-7-5-4-6-8(2)9(7)3;1-2-8-6-4-3-5-7-8;1-5-8-6(2)10(4)7(3)9-5;1-5-6(2)8-4-9-7(5)3;1-5-4-6(2)9-7(3)8-5;1-7-5-3-2-4-6-7;1-5-3-2-4-6-5/h2-9H,1H3;4-6H,1-3H3;3-7H,2H2,1H3;1-4H3;2*4H,1-3H3;2-6H,1H3;2-4H,1H3/q;;;+1;;;;/i;;;;;;2D,3D,4D,5D,6D;. The van der Waals surface area contributed by atoms with Gasteiger partial charge in [-0.05, 0) is 141 Å². The van der Waals surface area contributed by atoms with Crippen molar-refractivity contribution in [2.75, 3.05) is 0 Å². The van der Waals surface area contributed by atoms with Gasteiger partial charge in [-0.2, -0.15) is 0 Å². The first-order valence-electron chi connectivity index (χ1n) is 26.6. The fourth-order valence-corrected chi connectivity index (χ4v) is 6.84. The third kappa shape index (κ3) is 20.4. The van der Waals surface area contributed by atoms with Crippen LogP contribution in [0.5, 0.6) is 0 Å². The van der Waals surface area contributed by atoms with Crippen molar-refractivity contribution in [1.29, 1.82) is 0 Å². The molecule has 9 heteroatoms. The SMILES string of the molecule is CCc1ccccc1.Cc1cc(C)nc(C)n1.Cc1cccc(C)c1C.Cc1ccco1.Cc1nc(C)[n+](C)c(C)n1.Cc1ncnc(C)c1C.Cn1c2ccccc2c2ccccc21.[2H]c1c([2H])c([2H])c(C)c([2H])c1[2H]. The minimum absolute atomic E-state index is 0.124. The van der Waals surface area contributed by atoms with Crippen LogP contribution in [0.1, 0.15) is 99.0 Å². The van der Waals surface area contributed by atoms with E-state index in [1.165, 1.54) is 56.5 Å². The molecule has 5 heterocycles. The average molecular weight is 969 g/mol. The van der Waals surface area contributed by atoms with E-state index in [1.54, 1.807) is 12.6 Å². The molecule has 5 aromatic heterocycles. The second kappa shape index (κ2) is 30.8. The lowest BCUT2D eigenvalue weighted by Gasteiger charge is -2.00. The lowest BCUT2D eigenvalue weighted by molar-refractivity contribution is -0.690. The van der Waals surface area contributed by atoms with Gasteiger partial charge >= 0.3 is 0 Å². The maximum Gasteiger partial charge on any atom is 0.273 e. The summed E-state index contributed by atoms with van der Waals surface area (Å²) in [6.07, 6.45) is 4.40. The van der Waals surface area contributed by atoms with Crippen molar-refractivity contribution < 1.29 is 15.8 Å². The van der Waals surface area contributed by atoms with Crippen LogP contribution in [0.4, 0.5) is 0 Å². The Morgan fingerprint density at radius 3 is 1.39 bits per heavy atom. The number of aromatic nitrogens is 8. The van der Waals surface area contributed by atoms with Crippen LogP contribution >= 0.6 is 0 Å². The first-order chi connectivity index (χ1) is 36.4. The number of aryl methyl sites for hydroxylation is 13. The van der Waals surface area contributed by atoms with Crippen LogP contribution in [-0.2, 0) is 20.5 Å². The number of para-hydroxylation sites is 2. The number of furan rings is 1. The van der Waals surface area contributed by atoms with Gasteiger partial charge in [0.2, 0.25) is 11.6 Å². The Bertz CT molecular complexity index is 3110. The molecule has 0 aliphatic heterocycles. The normalized spacial score (nSPS) is 10.8. The van der Waals surface area contributed by atoms with E-state index in [1.807, 2.05) is 105 Å². The zero-order valence-electron chi connectivity index (χ0n) is 50.8. The highest BCUT2D eigenvalue weighted by molar-refractivity contribution is 6.07. The van der Waals surface area contributed by atoms with Gasteiger partial charge < -0.3 is 8.98 Å². The van der Waals surface area contributed by atoms with Crippen LogP contribution in [-0.4, -0.2) is 34.5 Å². The highest BCUT2D eigenvalue weighted by Gasteiger charge is 2.08. The predicted octanol–water partition coefficient (Wildman–Crippen LogP) is 14.8. The molecule has 9 nitrogen and oxygen atoms in total. The molecule has 10 aromatic rings. The zero-order valence-corrected chi connectivity index (χ0v) is 45.8. The second-order valence-corrected chi connectivity index (χ2v) is 17.2. The van der Waals surface area contributed by atoms with Gasteiger partial charge in [0.15, 0.2) is 0 Å². The van der Waals surface area contributed by atoms with Crippen molar-refractivity contribution >= 4 is 21.8 Å². The second-order valence-electron chi connectivity index (χ2n) is 17.2. The van der Waals surface area contributed by atoms with Gasteiger partial charge in [-0.1, -0.05) is 138 Å². The van der Waals surface area contributed by atoms with Crippen molar-refractivity contribution in [3.63, 3.8) is 0 Å². The van der Waals surface area contributed by atoms with Crippen molar-refractivity contribution in [3.05, 3.63) is 243 Å². The number of hydrogen-bond donors (Lipinski definition) is 0. The number of fused-ring (bicyclic) bond motifs is 3. The maximum atomic E-state index is 7.31. The predicted molar refractivity (Wildman–Crippen MR) is 301 cm³/mol. The average Bonchev–Trinajstić information content (AvgIpc) is 4.02. The molecule has 0 bridgehead atoms. The van der Waals surface area contributed by atoms with E-state index in [-0.39, 0.29) is 30.2 Å². The summed E-state index contributed by atoms with van der Waals surface area (Å²) < 4.78 is 45.4. The molecule has 0 N–H and O–H groups in total. The molecule has 0 fully saturated rings. The van der Waals surface area contributed by atoms with Crippen LogP contribution in [0.15, 0.2) is 162 Å². The van der Waals surface area contributed by atoms with Crippen LogP contribution in [0.25, 0.3) is 21.8 Å². The maximum absolute atomic E-state index is 7.31. The lowest BCUT2D eigenvalue weighted by Crippen LogP contribution is -2.38. The van der Waals surface area contributed by atoms with Crippen LogP contribution in [0.2, 0.25) is 0 Å². The molecule has 0 saturated carbocycles. The fraction of sp³-hybridized carbons (Fsp3) is 0.286. The van der Waals surface area contributed by atoms with Gasteiger partial charge in [0, 0.05) is 72.4 Å². The Morgan fingerprint density at radius 1 is 0.528 bits per heavy atom. The van der Waals surface area contributed by atoms with E-state index in [0.29, 0.717) is 5.56 Å². The van der Waals surface area contributed by atoms with Crippen molar-refractivity contribution in [3.8, 4) is 0 Å². The van der Waals surface area contributed by atoms with E-state index < -0.39 is 0 Å². The number of hydrogen-bond acceptors (Lipinski definition) is 7.